The van der Waals surface area contributed by atoms with Gasteiger partial charge < -0.3 is 24.3 Å². The maximum atomic E-state index is 9.88. The first-order valence-electron chi connectivity index (χ1n) is 7.98. The van der Waals surface area contributed by atoms with Crippen molar-refractivity contribution in [1.82, 2.24) is 5.32 Å². The third-order valence-electron chi connectivity index (χ3n) is 3.54. The Labute approximate surface area is 140 Å². The number of aliphatic hydroxyl groups is 1. The Kier molecular flexibility index (Phi) is 5.71. The normalized spacial score (nSPS) is 12.2. The maximum Gasteiger partial charge on any atom is 0.134 e. The number of fused-ring (bicyclic) bond motifs is 1. The molecule has 5 heteroatoms. The predicted molar refractivity (Wildman–Crippen MR) is 92.5 cm³/mol. The zero-order valence-electron chi connectivity index (χ0n) is 13.4. The van der Waals surface area contributed by atoms with Gasteiger partial charge in [0.25, 0.3) is 0 Å². The van der Waals surface area contributed by atoms with Crippen molar-refractivity contribution in [3.63, 3.8) is 0 Å². The van der Waals surface area contributed by atoms with Crippen LogP contribution in [-0.2, 0) is 0 Å². The molecule has 2 aromatic carbocycles. The van der Waals surface area contributed by atoms with Crippen LogP contribution in [-0.4, -0.2) is 37.5 Å². The number of ether oxygens (including phenoxy) is 2. The first-order chi connectivity index (χ1) is 11.8. The van der Waals surface area contributed by atoms with E-state index >= 15 is 0 Å². The summed E-state index contributed by atoms with van der Waals surface area (Å²) >= 11 is 0. The largest absolute Gasteiger partial charge is 0.492 e. The summed E-state index contributed by atoms with van der Waals surface area (Å²) in [7, 11) is 0. The number of aliphatic hydroxyl groups excluding tert-OH is 1. The molecule has 0 aliphatic carbocycles. The van der Waals surface area contributed by atoms with Gasteiger partial charge in [0.15, 0.2) is 0 Å². The van der Waals surface area contributed by atoms with Crippen molar-refractivity contribution < 1.29 is 19.0 Å². The number of hydrogen-bond donors (Lipinski definition) is 2. The molecule has 0 aliphatic heterocycles. The van der Waals surface area contributed by atoms with Gasteiger partial charge in [-0.25, -0.2) is 0 Å². The molecule has 0 bridgehead atoms. The quantitative estimate of drug-likeness (QED) is 0.592. The summed E-state index contributed by atoms with van der Waals surface area (Å²) in [6.45, 7) is 1.88. The summed E-state index contributed by atoms with van der Waals surface area (Å²) in [5.74, 6) is 1.56. The van der Waals surface area contributed by atoms with E-state index in [9.17, 15) is 5.11 Å². The highest BCUT2D eigenvalue weighted by Crippen LogP contribution is 2.21. The zero-order valence-corrected chi connectivity index (χ0v) is 13.4. The van der Waals surface area contributed by atoms with Crippen LogP contribution in [0.3, 0.4) is 0 Å². The zero-order chi connectivity index (χ0) is 16.6. The Morgan fingerprint density at radius 1 is 1.00 bits per heavy atom. The fourth-order valence-corrected chi connectivity index (χ4v) is 2.31. The van der Waals surface area contributed by atoms with Crippen LogP contribution < -0.4 is 14.8 Å². The highest BCUT2D eigenvalue weighted by molar-refractivity contribution is 5.78. The summed E-state index contributed by atoms with van der Waals surface area (Å²) in [6, 6.07) is 17.1. The van der Waals surface area contributed by atoms with E-state index in [0.717, 1.165) is 22.5 Å². The summed E-state index contributed by atoms with van der Waals surface area (Å²) in [4.78, 5) is 0. The van der Waals surface area contributed by atoms with Crippen molar-refractivity contribution in [3.05, 3.63) is 60.9 Å². The average Bonchev–Trinajstić information content (AvgIpc) is 3.08. The fraction of sp³-hybridized carbons (Fsp3) is 0.263. The minimum absolute atomic E-state index is 0.259. The van der Waals surface area contributed by atoms with Crippen LogP contribution in [0.1, 0.15) is 0 Å². The Balaban J connectivity index is 1.30. The molecule has 0 radical (unpaired) electrons. The first kappa shape index (κ1) is 16.4. The van der Waals surface area contributed by atoms with Crippen LogP contribution in [0.5, 0.6) is 11.5 Å². The molecule has 3 aromatic rings. The van der Waals surface area contributed by atoms with Crippen LogP contribution in [0.25, 0.3) is 11.0 Å². The second-order valence-electron chi connectivity index (χ2n) is 5.45. The number of benzene rings is 2. The molecule has 0 spiro atoms. The molecule has 1 heterocycles. The third kappa shape index (κ3) is 4.75. The molecular weight excluding hydrogens is 306 g/mol. The lowest BCUT2D eigenvalue weighted by Crippen LogP contribution is -2.33. The van der Waals surface area contributed by atoms with Crippen LogP contribution >= 0.6 is 0 Å². The van der Waals surface area contributed by atoms with Gasteiger partial charge >= 0.3 is 0 Å². The minimum Gasteiger partial charge on any atom is -0.492 e. The van der Waals surface area contributed by atoms with E-state index in [0.29, 0.717) is 19.7 Å². The van der Waals surface area contributed by atoms with Crippen LogP contribution in [0.4, 0.5) is 0 Å². The smallest absolute Gasteiger partial charge is 0.134 e. The lowest BCUT2D eigenvalue weighted by molar-refractivity contribution is 0.105. The summed E-state index contributed by atoms with van der Waals surface area (Å²) in [5, 5.41) is 14.1. The lowest BCUT2D eigenvalue weighted by Gasteiger charge is -2.13. The van der Waals surface area contributed by atoms with E-state index in [1.165, 1.54) is 0 Å². The molecule has 126 valence electrons. The third-order valence-corrected chi connectivity index (χ3v) is 3.54. The number of furan rings is 1. The Morgan fingerprint density at radius 2 is 1.88 bits per heavy atom. The SMILES string of the molecule is O[C@@H](CNCCOc1ccc2occc2c1)COc1ccccc1. The van der Waals surface area contributed by atoms with Gasteiger partial charge in [-0.1, -0.05) is 18.2 Å². The van der Waals surface area contributed by atoms with Gasteiger partial charge in [-0.2, -0.15) is 0 Å². The molecule has 0 saturated carbocycles. The highest BCUT2D eigenvalue weighted by atomic mass is 16.5. The van der Waals surface area contributed by atoms with Gasteiger partial charge in [0.05, 0.1) is 6.26 Å². The van der Waals surface area contributed by atoms with Gasteiger partial charge in [-0.15, -0.1) is 0 Å². The molecule has 0 fully saturated rings. The van der Waals surface area contributed by atoms with E-state index < -0.39 is 6.10 Å². The van der Waals surface area contributed by atoms with E-state index in [4.69, 9.17) is 13.9 Å². The van der Waals surface area contributed by atoms with Gasteiger partial charge in [0, 0.05) is 18.5 Å². The van der Waals surface area contributed by atoms with E-state index in [-0.39, 0.29) is 6.61 Å². The summed E-state index contributed by atoms with van der Waals surface area (Å²) in [5.41, 5.74) is 0.849. The van der Waals surface area contributed by atoms with Gasteiger partial charge in [-0.3, -0.25) is 0 Å². The molecule has 3 rings (SSSR count). The number of nitrogens with one attached hydrogen (secondary N) is 1. The Morgan fingerprint density at radius 3 is 2.75 bits per heavy atom. The van der Waals surface area contributed by atoms with Crippen molar-refractivity contribution in [2.75, 3.05) is 26.3 Å². The molecule has 24 heavy (non-hydrogen) atoms. The molecule has 0 unspecified atom stereocenters. The molecule has 0 amide bonds. The van der Waals surface area contributed by atoms with Gasteiger partial charge in [0.1, 0.15) is 36.4 Å². The lowest BCUT2D eigenvalue weighted by atomic mass is 10.2. The number of para-hydroxylation sites is 1. The van der Waals surface area contributed by atoms with Crippen molar-refractivity contribution in [2.45, 2.75) is 6.10 Å². The molecular formula is C19H21NO4. The molecule has 5 nitrogen and oxygen atoms in total. The molecule has 1 atom stereocenters. The second kappa shape index (κ2) is 8.38. The molecule has 1 aromatic heterocycles. The van der Waals surface area contributed by atoms with E-state index in [2.05, 4.69) is 5.32 Å². The summed E-state index contributed by atoms with van der Waals surface area (Å²) < 4.78 is 16.5. The molecule has 2 N–H and O–H groups in total. The summed E-state index contributed by atoms with van der Waals surface area (Å²) in [6.07, 6.45) is 1.10. The highest BCUT2D eigenvalue weighted by Gasteiger charge is 2.05. The van der Waals surface area contributed by atoms with Crippen molar-refractivity contribution in [1.29, 1.82) is 0 Å². The number of hydrogen-bond acceptors (Lipinski definition) is 5. The van der Waals surface area contributed by atoms with Crippen molar-refractivity contribution in [3.8, 4) is 11.5 Å². The molecule has 0 aliphatic rings. The fourth-order valence-electron chi connectivity index (χ4n) is 2.31. The van der Waals surface area contributed by atoms with E-state index in [1.807, 2.05) is 54.6 Å². The average molecular weight is 327 g/mol. The Hall–Kier alpha value is -2.50. The minimum atomic E-state index is -0.563. The van der Waals surface area contributed by atoms with Gasteiger partial charge in [0.2, 0.25) is 0 Å². The van der Waals surface area contributed by atoms with Gasteiger partial charge in [-0.05, 0) is 36.4 Å². The van der Waals surface area contributed by atoms with Crippen LogP contribution in [0, 0.1) is 0 Å². The maximum absolute atomic E-state index is 9.88. The topological polar surface area (TPSA) is 63.9 Å². The second-order valence-corrected chi connectivity index (χ2v) is 5.45. The monoisotopic (exact) mass is 327 g/mol. The number of rotatable bonds is 9. The van der Waals surface area contributed by atoms with E-state index in [1.54, 1.807) is 6.26 Å². The van der Waals surface area contributed by atoms with Crippen LogP contribution in [0.2, 0.25) is 0 Å². The standard InChI is InChI=1S/C19H21NO4/c21-16(14-24-17-4-2-1-3-5-17)13-20-9-11-22-18-6-7-19-15(12-18)8-10-23-19/h1-8,10,12,16,20-21H,9,11,13-14H2/t16-/m0/s1. The van der Waals surface area contributed by atoms with Crippen LogP contribution in [0.15, 0.2) is 65.3 Å². The molecule has 0 saturated heterocycles. The van der Waals surface area contributed by atoms with Crippen molar-refractivity contribution >= 4 is 11.0 Å². The van der Waals surface area contributed by atoms with Crippen molar-refractivity contribution in [2.24, 2.45) is 0 Å². The predicted octanol–water partition coefficient (Wildman–Crippen LogP) is 2.84. The Bertz CT molecular complexity index is 741. The first-order valence-corrected chi connectivity index (χ1v) is 7.98.